The van der Waals surface area contributed by atoms with Crippen molar-refractivity contribution in [3.05, 3.63) is 35.1 Å². The average molecular weight is 296 g/mol. The van der Waals surface area contributed by atoms with Crippen LogP contribution in [0.1, 0.15) is 24.5 Å². The third kappa shape index (κ3) is 6.60. The van der Waals surface area contributed by atoms with Gasteiger partial charge in [-0.25, -0.2) is 4.39 Å². The molecule has 1 aromatic carbocycles. The van der Waals surface area contributed by atoms with Gasteiger partial charge in [-0.3, -0.25) is 4.79 Å². The van der Waals surface area contributed by atoms with Crippen molar-refractivity contribution >= 4 is 17.7 Å². The summed E-state index contributed by atoms with van der Waals surface area (Å²) in [5.41, 5.74) is 1.35. The number of aliphatic hydroxyl groups is 1. The summed E-state index contributed by atoms with van der Waals surface area (Å²) in [6, 6.07) is 4.56. The maximum atomic E-state index is 13.4. The van der Waals surface area contributed by atoms with E-state index in [4.69, 9.17) is 9.84 Å². The number of carbonyl (C=O) groups excluding carboxylic acids is 1. The van der Waals surface area contributed by atoms with Crippen molar-refractivity contribution in [3.8, 4) is 11.8 Å². The standard InChI is InChI=1S/C15H17FO3S/c1-2-19-15(18)11-20-10-13-7-12(5-3-4-6-17)8-14(16)9-13/h7-9,17H,2,4,6,10-11H2,1H3. The number of aliphatic hydroxyl groups excluding tert-OH is 1. The van der Waals surface area contributed by atoms with Crippen LogP contribution in [0.15, 0.2) is 18.2 Å². The number of carbonyl (C=O) groups is 1. The first kappa shape index (κ1) is 16.5. The van der Waals surface area contributed by atoms with Crippen molar-refractivity contribution in [2.75, 3.05) is 19.0 Å². The van der Waals surface area contributed by atoms with Crippen molar-refractivity contribution < 1.29 is 19.0 Å². The molecule has 0 amide bonds. The Kier molecular flexibility index (Phi) is 7.78. The lowest BCUT2D eigenvalue weighted by Crippen LogP contribution is -2.06. The number of benzene rings is 1. The third-order valence-corrected chi connectivity index (χ3v) is 3.20. The van der Waals surface area contributed by atoms with E-state index in [1.54, 1.807) is 13.0 Å². The molecule has 1 aromatic rings. The zero-order valence-corrected chi connectivity index (χ0v) is 12.1. The van der Waals surface area contributed by atoms with Gasteiger partial charge in [0, 0.05) is 17.7 Å². The number of halogens is 1. The second-order valence-corrected chi connectivity index (χ2v) is 4.91. The molecular weight excluding hydrogens is 279 g/mol. The topological polar surface area (TPSA) is 46.5 Å². The van der Waals surface area contributed by atoms with E-state index in [2.05, 4.69) is 11.8 Å². The Labute approximate surface area is 122 Å². The highest BCUT2D eigenvalue weighted by atomic mass is 32.2. The summed E-state index contributed by atoms with van der Waals surface area (Å²) in [6.07, 6.45) is 0.365. The van der Waals surface area contributed by atoms with Crippen molar-refractivity contribution in [1.29, 1.82) is 0 Å². The van der Waals surface area contributed by atoms with Crippen LogP contribution in [0.2, 0.25) is 0 Å². The molecule has 1 rings (SSSR count). The normalized spacial score (nSPS) is 9.75. The minimum Gasteiger partial charge on any atom is -0.465 e. The van der Waals surface area contributed by atoms with Crippen LogP contribution in [0.3, 0.4) is 0 Å². The lowest BCUT2D eigenvalue weighted by atomic mass is 10.1. The fourth-order valence-corrected chi connectivity index (χ4v) is 2.24. The van der Waals surface area contributed by atoms with E-state index in [9.17, 15) is 9.18 Å². The Balaban J connectivity index is 2.58. The largest absolute Gasteiger partial charge is 0.465 e. The lowest BCUT2D eigenvalue weighted by Gasteiger charge is -2.03. The number of hydrogen-bond donors (Lipinski definition) is 1. The molecular formula is C15H17FO3S. The van der Waals surface area contributed by atoms with Crippen molar-refractivity contribution in [2.24, 2.45) is 0 Å². The van der Waals surface area contributed by atoms with Gasteiger partial charge < -0.3 is 9.84 Å². The van der Waals surface area contributed by atoms with Gasteiger partial charge in [0.2, 0.25) is 0 Å². The predicted octanol–water partition coefficient (Wildman–Crippen LogP) is 2.36. The van der Waals surface area contributed by atoms with Crippen LogP contribution in [0.5, 0.6) is 0 Å². The van der Waals surface area contributed by atoms with Crippen molar-refractivity contribution in [2.45, 2.75) is 19.1 Å². The van der Waals surface area contributed by atoms with Gasteiger partial charge in [0.05, 0.1) is 19.0 Å². The predicted molar refractivity (Wildman–Crippen MR) is 77.8 cm³/mol. The average Bonchev–Trinajstić information content (AvgIpc) is 2.39. The molecule has 0 saturated heterocycles. The summed E-state index contributed by atoms with van der Waals surface area (Å²) in [4.78, 5) is 11.2. The minimum atomic E-state index is -0.354. The van der Waals surface area contributed by atoms with E-state index in [0.717, 1.165) is 5.56 Å². The Morgan fingerprint density at radius 1 is 1.45 bits per heavy atom. The molecule has 0 atom stereocenters. The van der Waals surface area contributed by atoms with Crippen LogP contribution in [-0.2, 0) is 15.3 Å². The van der Waals surface area contributed by atoms with Gasteiger partial charge in [-0.2, -0.15) is 0 Å². The van der Waals surface area contributed by atoms with Gasteiger partial charge in [-0.05, 0) is 30.7 Å². The zero-order chi connectivity index (χ0) is 14.8. The number of rotatable bonds is 6. The molecule has 0 aliphatic heterocycles. The molecule has 0 aliphatic rings. The van der Waals surface area contributed by atoms with E-state index in [-0.39, 0.29) is 24.1 Å². The summed E-state index contributed by atoms with van der Waals surface area (Å²) >= 11 is 1.37. The molecule has 5 heteroatoms. The van der Waals surface area contributed by atoms with Gasteiger partial charge in [0.25, 0.3) is 0 Å². The Morgan fingerprint density at radius 3 is 2.95 bits per heavy atom. The zero-order valence-electron chi connectivity index (χ0n) is 11.3. The van der Waals surface area contributed by atoms with Crippen LogP contribution in [0.4, 0.5) is 4.39 Å². The summed E-state index contributed by atoms with van der Waals surface area (Å²) in [6.45, 7) is 2.11. The fraction of sp³-hybridized carbons (Fsp3) is 0.400. The first-order chi connectivity index (χ1) is 9.65. The maximum absolute atomic E-state index is 13.4. The molecule has 0 fully saturated rings. The number of hydrogen-bond acceptors (Lipinski definition) is 4. The smallest absolute Gasteiger partial charge is 0.315 e. The molecule has 0 saturated carbocycles. The lowest BCUT2D eigenvalue weighted by molar-refractivity contribution is -0.139. The monoisotopic (exact) mass is 296 g/mol. The van der Waals surface area contributed by atoms with E-state index < -0.39 is 0 Å². The van der Waals surface area contributed by atoms with Crippen LogP contribution in [-0.4, -0.2) is 30.0 Å². The highest BCUT2D eigenvalue weighted by Crippen LogP contribution is 2.15. The van der Waals surface area contributed by atoms with E-state index in [1.165, 1.54) is 23.9 Å². The van der Waals surface area contributed by atoms with Crippen LogP contribution in [0, 0.1) is 17.7 Å². The highest BCUT2D eigenvalue weighted by Gasteiger charge is 2.04. The molecule has 0 aromatic heterocycles. The maximum Gasteiger partial charge on any atom is 0.315 e. The van der Waals surface area contributed by atoms with Crippen LogP contribution >= 0.6 is 11.8 Å². The van der Waals surface area contributed by atoms with Crippen molar-refractivity contribution in [3.63, 3.8) is 0 Å². The SMILES string of the molecule is CCOC(=O)CSCc1cc(F)cc(C#CCCO)c1. The molecule has 3 nitrogen and oxygen atoms in total. The summed E-state index contributed by atoms with van der Waals surface area (Å²) < 4.78 is 18.2. The van der Waals surface area contributed by atoms with Gasteiger partial charge >= 0.3 is 5.97 Å². The summed E-state index contributed by atoms with van der Waals surface area (Å²) in [7, 11) is 0. The van der Waals surface area contributed by atoms with Gasteiger partial charge in [0.15, 0.2) is 0 Å². The minimum absolute atomic E-state index is 0.00936. The first-order valence-corrected chi connectivity index (χ1v) is 7.43. The number of esters is 1. The molecule has 0 radical (unpaired) electrons. The first-order valence-electron chi connectivity index (χ1n) is 6.28. The van der Waals surface area contributed by atoms with Crippen LogP contribution in [0.25, 0.3) is 0 Å². The van der Waals surface area contributed by atoms with Gasteiger partial charge in [0.1, 0.15) is 5.82 Å². The van der Waals surface area contributed by atoms with Crippen LogP contribution < -0.4 is 0 Å². The molecule has 108 valence electrons. The van der Waals surface area contributed by atoms with E-state index >= 15 is 0 Å². The molecule has 0 spiro atoms. The highest BCUT2D eigenvalue weighted by molar-refractivity contribution is 7.99. The molecule has 20 heavy (non-hydrogen) atoms. The quantitative estimate of drug-likeness (QED) is 0.646. The second kappa shape index (κ2) is 9.40. The van der Waals surface area contributed by atoms with E-state index in [1.807, 2.05) is 0 Å². The Morgan fingerprint density at radius 2 is 2.25 bits per heavy atom. The molecule has 0 bridgehead atoms. The number of ether oxygens (including phenoxy) is 1. The van der Waals surface area contributed by atoms with Gasteiger partial charge in [-0.1, -0.05) is 11.8 Å². The summed E-state index contributed by atoms with van der Waals surface area (Å²) in [5.74, 6) is 5.69. The number of thioether (sulfide) groups is 1. The molecule has 0 heterocycles. The Bertz CT molecular complexity index is 506. The van der Waals surface area contributed by atoms with Crippen molar-refractivity contribution in [1.82, 2.24) is 0 Å². The molecule has 0 aliphatic carbocycles. The molecule has 1 N–H and O–H groups in total. The molecule has 0 unspecified atom stereocenters. The Hall–Kier alpha value is -1.51. The second-order valence-electron chi connectivity index (χ2n) is 3.92. The summed E-state index contributed by atoms with van der Waals surface area (Å²) in [5, 5.41) is 8.64. The fourth-order valence-electron chi connectivity index (χ4n) is 1.48. The third-order valence-electron chi connectivity index (χ3n) is 2.22. The van der Waals surface area contributed by atoms with Gasteiger partial charge in [-0.15, -0.1) is 11.8 Å². The van der Waals surface area contributed by atoms with E-state index in [0.29, 0.717) is 24.3 Å².